The molecule has 11 heteroatoms. The molecule has 2 aromatic heterocycles. The van der Waals surface area contributed by atoms with E-state index in [1.165, 1.54) is 12.1 Å². The standard InChI is InChI=1S/C18H11F3N.F6P/c19-18(20,21)16-9-6-14(7-10-16)4-5-15-8-11-17-3-1-2-12-22(17)13-15;1-7(2,3,4,5)6/h1-3,6-13H;/q+1;-1. The first-order chi connectivity index (χ1) is 13.0. The summed E-state index contributed by atoms with van der Waals surface area (Å²) in [6.45, 7) is 0. The predicted octanol–water partition coefficient (Wildman–Crippen LogP) is 7.23. The number of hydrogen-bond donors (Lipinski definition) is 0. The third kappa shape index (κ3) is 9.30. The number of pyridine rings is 2. The Balaban J connectivity index is 0.000000370. The van der Waals surface area contributed by atoms with Gasteiger partial charge in [0.25, 0.3) is 0 Å². The predicted molar refractivity (Wildman–Crippen MR) is 90.6 cm³/mol. The van der Waals surface area contributed by atoms with Crippen molar-refractivity contribution in [3.05, 3.63) is 83.7 Å². The molecule has 2 heterocycles. The Hall–Kier alpha value is -2.79. The van der Waals surface area contributed by atoms with E-state index in [0.29, 0.717) is 5.56 Å². The zero-order valence-electron chi connectivity index (χ0n) is 14.1. The van der Waals surface area contributed by atoms with Crippen LogP contribution in [0, 0.1) is 11.8 Å². The molecule has 0 atom stereocenters. The Morgan fingerprint density at radius 3 is 1.76 bits per heavy atom. The van der Waals surface area contributed by atoms with Crippen molar-refractivity contribution in [1.82, 2.24) is 0 Å². The van der Waals surface area contributed by atoms with Gasteiger partial charge >= 0.3 is 39.2 Å². The third-order valence-electron chi connectivity index (χ3n) is 3.20. The van der Waals surface area contributed by atoms with Crippen molar-refractivity contribution >= 4 is 13.3 Å². The molecular weight excluding hydrogens is 432 g/mol. The summed E-state index contributed by atoms with van der Waals surface area (Å²) in [6.07, 6.45) is -0.522. The van der Waals surface area contributed by atoms with Crippen LogP contribution in [0.15, 0.2) is 67.0 Å². The van der Waals surface area contributed by atoms with Crippen LogP contribution in [0.4, 0.5) is 38.4 Å². The van der Waals surface area contributed by atoms with Crippen molar-refractivity contribution in [3.63, 3.8) is 0 Å². The fourth-order valence-corrected chi connectivity index (χ4v) is 2.06. The summed E-state index contributed by atoms with van der Waals surface area (Å²) in [5.41, 5.74) is 1.72. The summed E-state index contributed by atoms with van der Waals surface area (Å²) < 4.78 is 98.6. The number of alkyl halides is 3. The van der Waals surface area contributed by atoms with Crippen LogP contribution in [-0.4, -0.2) is 0 Å². The van der Waals surface area contributed by atoms with Crippen molar-refractivity contribution in [2.75, 3.05) is 0 Å². The summed E-state index contributed by atoms with van der Waals surface area (Å²) in [5.74, 6) is 5.83. The van der Waals surface area contributed by atoms with Crippen LogP contribution in [0.5, 0.6) is 0 Å². The Morgan fingerprint density at radius 1 is 0.690 bits per heavy atom. The Bertz CT molecular complexity index is 1060. The molecule has 0 N–H and O–H groups in total. The van der Waals surface area contributed by atoms with E-state index in [9.17, 15) is 38.4 Å². The van der Waals surface area contributed by atoms with Crippen LogP contribution >= 0.6 is 7.81 Å². The molecule has 3 aromatic rings. The first-order valence-corrected chi connectivity index (χ1v) is 9.66. The molecule has 0 saturated heterocycles. The zero-order chi connectivity index (χ0) is 22.0. The minimum atomic E-state index is -10.7. The molecule has 0 fully saturated rings. The van der Waals surface area contributed by atoms with Gasteiger partial charge in [-0.1, -0.05) is 11.8 Å². The average molecular weight is 443 g/mol. The van der Waals surface area contributed by atoms with E-state index in [-0.39, 0.29) is 0 Å². The summed E-state index contributed by atoms with van der Waals surface area (Å²) >= 11 is 0. The number of benzene rings is 1. The maximum absolute atomic E-state index is 12.5. The van der Waals surface area contributed by atoms with Gasteiger partial charge in [0.2, 0.25) is 5.52 Å². The van der Waals surface area contributed by atoms with Gasteiger partial charge in [-0.05, 0) is 36.4 Å². The van der Waals surface area contributed by atoms with Crippen LogP contribution in [0.25, 0.3) is 5.52 Å². The SMILES string of the molecule is FC(F)(F)c1ccc(C#Cc2ccc3cccc[n+]3c2)cc1.F[P-](F)(F)(F)(F)F. The first-order valence-electron chi connectivity index (χ1n) is 7.63. The molecule has 0 amide bonds. The fourth-order valence-electron chi connectivity index (χ4n) is 2.06. The topological polar surface area (TPSA) is 4.10 Å². The van der Waals surface area contributed by atoms with Crippen LogP contribution < -0.4 is 4.40 Å². The second kappa shape index (κ2) is 6.92. The van der Waals surface area contributed by atoms with E-state index in [0.717, 1.165) is 23.2 Å². The van der Waals surface area contributed by atoms with Crippen LogP contribution in [0.3, 0.4) is 0 Å². The molecule has 3 rings (SSSR count). The van der Waals surface area contributed by atoms with E-state index in [4.69, 9.17) is 0 Å². The molecule has 0 aliphatic rings. The number of fused-ring (bicyclic) bond motifs is 1. The van der Waals surface area contributed by atoms with E-state index < -0.39 is 19.5 Å². The first kappa shape index (κ1) is 22.5. The number of rotatable bonds is 0. The van der Waals surface area contributed by atoms with Gasteiger partial charge in [0.15, 0.2) is 12.4 Å². The molecule has 0 bridgehead atoms. The van der Waals surface area contributed by atoms with E-state index in [1.54, 1.807) is 0 Å². The maximum atomic E-state index is 12.5. The molecule has 1 nitrogen and oxygen atoms in total. The second-order valence-electron chi connectivity index (χ2n) is 5.73. The Kier molecular flexibility index (Phi) is 5.37. The number of halogens is 9. The van der Waals surface area contributed by atoms with Crippen LogP contribution in [0.2, 0.25) is 0 Å². The van der Waals surface area contributed by atoms with Crippen LogP contribution in [-0.2, 0) is 6.18 Å². The third-order valence-corrected chi connectivity index (χ3v) is 3.20. The summed E-state index contributed by atoms with van der Waals surface area (Å²) in [7, 11) is -10.7. The van der Waals surface area contributed by atoms with Gasteiger partial charge in [-0.25, -0.2) is 0 Å². The molecule has 0 spiro atoms. The van der Waals surface area contributed by atoms with Gasteiger partial charge in [-0.2, -0.15) is 17.6 Å². The van der Waals surface area contributed by atoms with Crippen molar-refractivity contribution in [3.8, 4) is 11.8 Å². The second-order valence-corrected chi connectivity index (χ2v) is 7.65. The average Bonchev–Trinajstić information content (AvgIpc) is 2.56. The monoisotopic (exact) mass is 443 g/mol. The number of hydrogen-bond acceptors (Lipinski definition) is 0. The van der Waals surface area contributed by atoms with Crippen molar-refractivity contribution in [2.24, 2.45) is 0 Å². The molecule has 29 heavy (non-hydrogen) atoms. The Labute approximate surface area is 158 Å². The summed E-state index contributed by atoms with van der Waals surface area (Å²) in [5, 5.41) is 0. The molecule has 0 aliphatic carbocycles. The van der Waals surface area contributed by atoms with Gasteiger partial charge in [0.05, 0.1) is 11.1 Å². The van der Waals surface area contributed by atoms with Gasteiger partial charge in [0, 0.05) is 23.8 Å². The van der Waals surface area contributed by atoms with Gasteiger partial charge < -0.3 is 0 Å². The normalized spacial score (nSPS) is 14.0. The van der Waals surface area contributed by atoms with E-state index in [2.05, 4.69) is 11.8 Å². The molecule has 0 saturated carbocycles. The number of nitrogens with zero attached hydrogens (tertiary/aromatic N) is 1. The Morgan fingerprint density at radius 2 is 1.21 bits per heavy atom. The molecule has 0 unspecified atom stereocenters. The summed E-state index contributed by atoms with van der Waals surface area (Å²) in [4.78, 5) is 0. The quantitative estimate of drug-likeness (QED) is 0.149. The van der Waals surface area contributed by atoms with Crippen LogP contribution in [0.1, 0.15) is 16.7 Å². The summed E-state index contributed by atoms with van der Waals surface area (Å²) in [6, 6.07) is 14.5. The molecule has 1 aromatic carbocycles. The van der Waals surface area contributed by atoms with E-state index >= 15 is 0 Å². The van der Waals surface area contributed by atoms with Crippen molar-refractivity contribution in [2.45, 2.75) is 6.18 Å². The van der Waals surface area contributed by atoms with Crippen molar-refractivity contribution in [1.29, 1.82) is 0 Å². The zero-order valence-corrected chi connectivity index (χ0v) is 15.0. The molecule has 0 radical (unpaired) electrons. The molecule has 156 valence electrons. The van der Waals surface area contributed by atoms with Crippen molar-refractivity contribution < 1.29 is 42.8 Å². The molecule has 0 aliphatic heterocycles. The molecular formula is C18H11F9NP. The fraction of sp³-hybridized carbons (Fsp3) is 0.0556. The van der Waals surface area contributed by atoms with Gasteiger partial charge in [-0.15, -0.1) is 0 Å². The van der Waals surface area contributed by atoms with E-state index in [1.807, 2.05) is 47.1 Å². The van der Waals surface area contributed by atoms with Gasteiger partial charge in [0.1, 0.15) is 0 Å². The minimum absolute atomic E-state index is 0.547. The van der Waals surface area contributed by atoms with Gasteiger partial charge in [-0.3, -0.25) is 0 Å². The number of aromatic nitrogens is 1.